The third-order valence-electron chi connectivity index (χ3n) is 3.36. The fourth-order valence-electron chi connectivity index (χ4n) is 2.20. The van der Waals surface area contributed by atoms with Gasteiger partial charge in [0.15, 0.2) is 0 Å². The van der Waals surface area contributed by atoms with E-state index in [1.165, 1.54) is 0 Å². The van der Waals surface area contributed by atoms with Crippen LogP contribution in [-0.2, 0) is 4.79 Å². The SMILES string of the molecule is NC(=O)c1cc2cc(NC(=O)CCSSc3ccccn3)ccc2[nH]1. The Morgan fingerprint density at radius 2 is 2.08 bits per heavy atom. The number of primary amides is 1. The van der Waals surface area contributed by atoms with Crippen LogP contribution in [0.25, 0.3) is 10.9 Å². The normalized spacial score (nSPS) is 10.7. The number of fused-ring (bicyclic) bond motifs is 1. The highest BCUT2D eigenvalue weighted by molar-refractivity contribution is 8.76. The Hall–Kier alpha value is -2.45. The number of pyridine rings is 1. The molecule has 1 aromatic carbocycles. The van der Waals surface area contributed by atoms with Gasteiger partial charge in [-0.25, -0.2) is 4.98 Å². The van der Waals surface area contributed by atoms with Crippen molar-refractivity contribution in [2.75, 3.05) is 11.1 Å². The van der Waals surface area contributed by atoms with Gasteiger partial charge < -0.3 is 16.0 Å². The summed E-state index contributed by atoms with van der Waals surface area (Å²) in [5.74, 6) is 0.119. The van der Waals surface area contributed by atoms with Gasteiger partial charge in [-0.3, -0.25) is 9.59 Å². The third-order valence-corrected chi connectivity index (χ3v) is 5.63. The lowest BCUT2D eigenvalue weighted by atomic mass is 10.2. The van der Waals surface area contributed by atoms with E-state index in [4.69, 9.17) is 5.73 Å². The third kappa shape index (κ3) is 4.77. The molecule has 0 spiro atoms. The molecule has 3 aromatic rings. The van der Waals surface area contributed by atoms with Crippen LogP contribution in [0.2, 0.25) is 0 Å². The second-order valence-electron chi connectivity index (χ2n) is 5.22. The summed E-state index contributed by atoms with van der Waals surface area (Å²) < 4.78 is 0. The number of H-pyrrole nitrogens is 1. The average molecular weight is 372 g/mol. The molecule has 0 fully saturated rings. The summed E-state index contributed by atoms with van der Waals surface area (Å²) in [7, 11) is 3.14. The molecule has 0 aliphatic rings. The summed E-state index contributed by atoms with van der Waals surface area (Å²) in [4.78, 5) is 30.4. The molecule has 2 heterocycles. The van der Waals surface area contributed by atoms with Crippen LogP contribution in [0.5, 0.6) is 0 Å². The second kappa shape index (κ2) is 8.09. The highest BCUT2D eigenvalue weighted by Gasteiger charge is 2.08. The molecule has 8 heteroatoms. The topological polar surface area (TPSA) is 101 Å². The molecule has 3 rings (SSSR count). The van der Waals surface area contributed by atoms with Gasteiger partial charge >= 0.3 is 0 Å². The maximum atomic E-state index is 12.0. The fraction of sp³-hybridized carbons (Fsp3) is 0.118. The van der Waals surface area contributed by atoms with Crippen molar-refractivity contribution >= 4 is 50.0 Å². The summed E-state index contributed by atoms with van der Waals surface area (Å²) in [5.41, 5.74) is 7.10. The molecule has 0 unspecified atom stereocenters. The number of aromatic amines is 1. The van der Waals surface area contributed by atoms with Gasteiger partial charge in [-0.05, 0) is 47.2 Å². The number of anilines is 1. The van der Waals surface area contributed by atoms with E-state index < -0.39 is 5.91 Å². The second-order valence-corrected chi connectivity index (χ2v) is 7.66. The van der Waals surface area contributed by atoms with Crippen molar-refractivity contribution in [2.45, 2.75) is 11.4 Å². The van der Waals surface area contributed by atoms with E-state index in [0.29, 0.717) is 23.6 Å². The van der Waals surface area contributed by atoms with E-state index in [1.807, 2.05) is 30.3 Å². The molecule has 128 valence electrons. The number of carbonyl (C=O) groups is 2. The summed E-state index contributed by atoms with van der Waals surface area (Å²) in [5, 5.41) is 4.62. The van der Waals surface area contributed by atoms with Crippen molar-refractivity contribution in [3.05, 3.63) is 54.4 Å². The molecule has 0 aliphatic carbocycles. The van der Waals surface area contributed by atoms with E-state index in [2.05, 4.69) is 15.3 Å². The van der Waals surface area contributed by atoms with Crippen LogP contribution < -0.4 is 11.1 Å². The number of nitrogens with zero attached hydrogens (tertiary/aromatic N) is 1. The maximum Gasteiger partial charge on any atom is 0.265 e. The quantitative estimate of drug-likeness (QED) is 0.436. The molecule has 0 saturated carbocycles. The number of benzene rings is 1. The lowest BCUT2D eigenvalue weighted by molar-refractivity contribution is -0.115. The van der Waals surface area contributed by atoms with Crippen molar-refractivity contribution in [3.63, 3.8) is 0 Å². The van der Waals surface area contributed by atoms with Crippen LogP contribution in [0.15, 0.2) is 53.7 Å². The smallest absolute Gasteiger partial charge is 0.265 e. The van der Waals surface area contributed by atoms with Gasteiger partial charge in [0.25, 0.3) is 5.91 Å². The predicted octanol–water partition coefficient (Wildman–Crippen LogP) is 3.43. The van der Waals surface area contributed by atoms with Crippen molar-refractivity contribution in [2.24, 2.45) is 5.73 Å². The van der Waals surface area contributed by atoms with Gasteiger partial charge in [-0.2, -0.15) is 0 Å². The minimum Gasteiger partial charge on any atom is -0.364 e. The zero-order valence-electron chi connectivity index (χ0n) is 13.2. The highest BCUT2D eigenvalue weighted by Crippen LogP contribution is 2.29. The van der Waals surface area contributed by atoms with E-state index in [9.17, 15) is 9.59 Å². The Balaban J connectivity index is 1.50. The molecule has 25 heavy (non-hydrogen) atoms. The van der Waals surface area contributed by atoms with Crippen molar-refractivity contribution in [1.29, 1.82) is 0 Å². The van der Waals surface area contributed by atoms with Crippen LogP contribution in [0.4, 0.5) is 5.69 Å². The number of carbonyl (C=O) groups excluding carboxylic acids is 2. The first-order valence-electron chi connectivity index (χ1n) is 7.55. The first-order chi connectivity index (χ1) is 12.1. The molecular weight excluding hydrogens is 356 g/mol. The zero-order valence-corrected chi connectivity index (χ0v) is 14.8. The number of hydrogen-bond acceptors (Lipinski definition) is 5. The van der Waals surface area contributed by atoms with E-state index in [-0.39, 0.29) is 5.91 Å². The monoisotopic (exact) mass is 372 g/mol. The minimum atomic E-state index is -0.510. The van der Waals surface area contributed by atoms with Gasteiger partial charge in [-0.15, -0.1) is 0 Å². The van der Waals surface area contributed by atoms with Gasteiger partial charge in [-0.1, -0.05) is 16.9 Å². The predicted molar refractivity (Wildman–Crippen MR) is 103 cm³/mol. The Morgan fingerprint density at radius 3 is 2.84 bits per heavy atom. The first kappa shape index (κ1) is 17.4. The molecular formula is C17H16N4O2S2. The van der Waals surface area contributed by atoms with E-state index in [1.54, 1.807) is 39.9 Å². The number of nitrogens with one attached hydrogen (secondary N) is 2. The van der Waals surface area contributed by atoms with E-state index >= 15 is 0 Å². The standard InChI is InChI=1S/C17H16N4O2S2/c18-17(23)14-10-11-9-12(4-5-13(11)21-14)20-15(22)6-8-24-25-16-3-1-2-7-19-16/h1-5,7,9-10,21H,6,8H2,(H2,18,23)(H,20,22). The molecule has 0 saturated heterocycles. The van der Waals surface area contributed by atoms with Crippen LogP contribution in [0.1, 0.15) is 16.9 Å². The molecule has 0 radical (unpaired) electrons. The van der Waals surface area contributed by atoms with Crippen LogP contribution in [0, 0.1) is 0 Å². The number of hydrogen-bond donors (Lipinski definition) is 3. The van der Waals surface area contributed by atoms with E-state index in [0.717, 1.165) is 15.9 Å². The Bertz CT molecular complexity index is 896. The highest BCUT2D eigenvalue weighted by atomic mass is 33.1. The summed E-state index contributed by atoms with van der Waals surface area (Å²) in [6, 6.07) is 12.8. The molecule has 0 atom stereocenters. The first-order valence-corrected chi connectivity index (χ1v) is 9.86. The maximum absolute atomic E-state index is 12.0. The molecule has 4 N–H and O–H groups in total. The van der Waals surface area contributed by atoms with Crippen molar-refractivity contribution in [1.82, 2.24) is 9.97 Å². The van der Waals surface area contributed by atoms with Crippen molar-refractivity contribution in [3.8, 4) is 0 Å². The number of amides is 2. The van der Waals surface area contributed by atoms with Crippen LogP contribution in [-0.4, -0.2) is 27.5 Å². The number of aromatic nitrogens is 2. The Labute approximate surface area is 152 Å². The summed E-state index contributed by atoms with van der Waals surface area (Å²) in [6.07, 6.45) is 2.15. The zero-order chi connectivity index (χ0) is 17.6. The molecule has 2 aromatic heterocycles. The van der Waals surface area contributed by atoms with Gasteiger partial charge in [0.2, 0.25) is 5.91 Å². The van der Waals surface area contributed by atoms with Gasteiger partial charge in [0, 0.05) is 35.0 Å². The minimum absolute atomic E-state index is 0.0564. The molecule has 0 aliphatic heterocycles. The summed E-state index contributed by atoms with van der Waals surface area (Å²) >= 11 is 0. The molecule has 0 bridgehead atoms. The fourth-order valence-corrected chi connectivity index (χ4v) is 4.07. The number of nitrogens with two attached hydrogens (primary N) is 1. The van der Waals surface area contributed by atoms with Crippen LogP contribution >= 0.6 is 21.6 Å². The van der Waals surface area contributed by atoms with Gasteiger partial charge in [0.1, 0.15) is 10.7 Å². The molecule has 2 amide bonds. The molecule has 6 nitrogen and oxygen atoms in total. The van der Waals surface area contributed by atoms with Crippen LogP contribution in [0.3, 0.4) is 0 Å². The van der Waals surface area contributed by atoms with Crippen molar-refractivity contribution < 1.29 is 9.59 Å². The summed E-state index contributed by atoms with van der Waals surface area (Å²) in [6.45, 7) is 0. The number of rotatable bonds is 7. The average Bonchev–Trinajstić information content (AvgIpc) is 3.03. The largest absolute Gasteiger partial charge is 0.364 e. The lowest BCUT2D eigenvalue weighted by Crippen LogP contribution is -2.11. The van der Waals surface area contributed by atoms with Gasteiger partial charge in [0.05, 0.1) is 0 Å². The Morgan fingerprint density at radius 1 is 1.20 bits per heavy atom. The lowest BCUT2D eigenvalue weighted by Gasteiger charge is -2.05. The Kier molecular flexibility index (Phi) is 5.62.